The van der Waals surface area contributed by atoms with Gasteiger partial charge in [-0.3, -0.25) is 0 Å². The van der Waals surface area contributed by atoms with Crippen LogP contribution in [0.1, 0.15) is 12.0 Å². The van der Waals surface area contributed by atoms with Crippen molar-refractivity contribution in [3.8, 4) is 0 Å². The highest BCUT2D eigenvalue weighted by molar-refractivity contribution is 7.91. The van der Waals surface area contributed by atoms with E-state index in [-0.39, 0.29) is 17.5 Å². The molecule has 2 heterocycles. The zero-order valence-corrected chi connectivity index (χ0v) is 14.8. The Balaban J connectivity index is 1.74. The summed E-state index contributed by atoms with van der Waals surface area (Å²) in [5, 5.41) is 0. The molecule has 0 saturated carbocycles. The molecule has 1 aromatic carbocycles. The monoisotopic (exact) mass is 346 g/mol. The molecule has 128 valence electrons. The summed E-state index contributed by atoms with van der Waals surface area (Å²) in [7, 11) is 0.937. The summed E-state index contributed by atoms with van der Waals surface area (Å²) in [4.78, 5) is 12.9. The van der Waals surface area contributed by atoms with Gasteiger partial charge in [0.15, 0.2) is 9.84 Å². The first kappa shape index (κ1) is 16.7. The Morgan fingerprint density at radius 1 is 1.17 bits per heavy atom. The Labute approximate surface area is 143 Å². The summed E-state index contributed by atoms with van der Waals surface area (Å²) in [5.74, 6) is 1.84. The first-order chi connectivity index (χ1) is 11.4. The van der Waals surface area contributed by atoms with Gasteiger partial charge in [0.25, 0.3) is 0 Å². The van der Waals surface area contributed by atoms with Crippen LogP contribution in [0, 0.1) is 0 Å². The van der Waals surface area contributed by atoms with Gasteiger partial charge in [-0.25, -0.2) is 13.4 Å². The van der Waals surface area contributed by atoms with Crippen molar-refractivity contribution in [1.29, 1.82) is 0 Å². The molecule has 0 radical (unpaired) electrons. The lowest BCUT2D eigenvalue weighted by Gasteiger charge is -2.25. The molecule has 1 atom stereocenters. The van der Waals surface area contributed by atoms with E-state index in [9.17, 15) is 8.42 Å². The third kappa shape index (κ3) is 3.84. The summed E-state index contributed by atoms with van der Waals surface area (Å²) in [6.07, 6.45) is 2.37. The van der Waals surface area contributed by atoms with Gasteiger partial charge in [-0.2, -0.15) is 4.98 Å². The Kier molecular flexibility index (Phi) is 4.71. The lowest BCUT2D eigenvalue weighted by molar-refractivity contribution is 0.600. The standard InChI is InChI=1S/C17H22N4O2S/c1-20(12-14-6-4-3-5-7-14)17-18-10-8-16(19-17)21(2)15-9-11-24(22,23)13-15/h3-8,10,15H,9,11-13H2,1-2H3. The van der Waals surface area contributed by atoms with E-state index in [1.807, 2.05) is 48.2 Å². The van der Waals surface area contributed by atoms with Crippen LogP contribution in [-0.2, 0) is 16.4 Å². The van der Waals surface area contributed by atoms with Crippen LogP contribution in [-0.4, -0.2) is 50.0 Å². The summed E-state index contributed by atoms with van der Waals surface area (Å²) in [6, 6.07) is 11.9. The second-order valence-corrected chi connectivity index (χ2v) is 8.45. The predicted octanol–water partition coefficient (Wildman–Crippen LogP) is 1.74. The van der Waals surface area contributed by atoms with Gasteiger partial charge in [-0.1, -0.05) is 30.3 Å². The fourth-order valence-electron chi connectivity index (χ4n) is 2.92. The van der Waals surface area contributed by atoms with E-state index in [2.05, 4.69) is 22.1 Å². The highest BCUT2D eigenvalue weighted by Gasteiger charge is 2.31. The molecule has 1 aliphatic heterocycles. The van der Waals surface area contributed by atoms with Crippen LogP contribution in [0.3, 0.4) is 0 Å². The maximum absolute atomic E-state index is 11.7. The molecular formula is C17H22N4O2S. The molecule has 6 nitrogen and oxygen atoms in total. The minimum Gasteiger partial charge on any atom is -0.355 e. The maximum atomic E-state index is 11.7. The number of aromatic nitrogens is 2. The van der Waals surface area contributed by atoms with Gasteiger partial charge in [-0.15, -0.1) is 0 Å². The predicted molar refractivity (Wildman–Crippen MR) is 96.0 cm³/mol. The highest BCUT2D eigenvalue weighted by Crippen LogP contribution is 2.22. The Hall–Kier alpha value is -2.15. The summed E-state index contributed by atoms with van der Waals surface area (Å²) >= 11 is 0. The van der Waals surface area contributed by atoms with E-state index in [1.165, 1.54) is 5.56 Å². The van der Waals surface area contributed by atoms with Crippen molar-refractivity contribution in [3.05, 3.63) is 48.2 Å². The number of nitrogens with zero attached hydrogens (tertiary/aromatic N) is 4. The van der Waals surface area contributed by atoms with Gasteiger partial charge in [0.1, 0.15) is 5.82 Å². The molecule has 0 amide bonds. The first-order valence-electron chi connectivity index (χ1n) is 7.96. The zero-order chi connectivity index (χ0) is 17.2. The molecule has 0 aliphatic carbocycles. The molecule has 7 heteroatoms. The van der Waals surface area contributed by atoms with Gasteiger partial charge in [0.05, 0.1) is 11.5 Å². The smallest absolute Gasteiger partial charge is 0.227 e. The van der Waals surface area contributed by atoms with Gasteiger partial charge in [0.2, 0.25) is 5.95 Å². The molecule has 1 fully saturated rings. The van der Waals surface area contributed by atoms with E-state index < -0.39 is 9.84 Å². The van der Waals surface area contributed by atoms with Gasteiger partial charge >= 0.3 is 0 Å². The Morgan fingerprint density at radius 3 is 2.58 bits per heavy atom. The molecule has 1 unspecified atom stereocenters. The minimum atomic E-state index is -2.91. The van der Waals surface area contributed by atoms with Crippen LogP contribution in [0.5, 0.6) is 0 Å². The van der Waals surface area contributed by atoms with Crippen molar-refractivity contribution in [2.24, 2.45) is 0 Å². The lowest BCUT2D eigenvalue weighted by Crippen LogP contribution is -2.33. The molecule has 0 N–H and O–H groups in total. The highest BCUT2D eigenvalue weighted by atomic mass is 32.2. The molecule has 1 aromatic heterocycles. The summed E-state index contributed by atoms with van der Waals surface area (Å²) in [5.41, 5.74) is 1.18. The molecule has 0 bridgehead atoms. The number of hydrogen-bond acceptors (Lipinski definition) is 6. The van der Waals surface area contributed by atoms with Crippen molar-refractivity contribution in [1.82, 2.24) is 9.97 Å². The summed E-state index contributed by atoms with van der Waals surface area (Å²) in [6.45, 7) is 0.714. The van der Waals surface area contributed by atoms with Crippen molar-refractivity contribution >= 4 is 21.6 Å². The first-order valence-corrected chi connectivity index (χ1v) is 9.78. The topological polar surface area (TPSA) is 66.4 Å². The summed E-state index contributed by atoms with van der Waals surface area (Å²) < 4.78 is 23.4. The van der Waals surface area contributed by atoms with Crippen molar-refractivity contribution < 1.29 is 8.42 Å². The number of rotatable bonds is 5. The Bertz CT molecular complexity index is 795. The van der Waals surface area contributed by atoms with Crippen molar-refractivity contribution in [3.63, 3.8) is 0 Å². The van der Waals surface area contributed by atoms with Gasteiger partial charge < -0.3 is 9.80 Å². The molecule has 3 rings (SSSR count). The number of sulfone groups is 1. The van der Waals surface area contributed by atoms with Crippen molar-refractivity contribution in [2.45, 2.75) is 19.0 Å². The number of anilines is 2. The SMILES string of the molecule is CN(Cc1ccccc1)c1nccc(N(C)C2CCS(=O)(=O)C2)n1. The molecule has 0 spiro atoms. The van der Waals surface area contributed by atoms with Gasteiger partial charge in [-0.05, 0) is 18.1 Å². The van der Waals surface area contributed by atoms with Crippen LogP contribution in [0.4, 0.5) is 11.8 Å². The second-order valence-electron chi connectivity index (χ2n) is 6.22. The van der Waals surface area contributed by atoms with E-state index in [4.69, 9.17) is 0 Å². The molecule has 2 aromatic rings. The average Bonchev–Trinajstić information content (AvgIpc) is 2.95. The van der Waals surface area contributed by atoms with Crippen LogP contribution in [0.15, 0.2) is 42.6 Å². The van der Waals surface area contributed by atoms with E-state index in [0.29, 0.717) is 18.9 Å². The van der Waals surface area contributed by atoms with E-state index in [0.717, 1.165) is 5.82 Å². The van der Waals surface area contributed by atoms with Crippen LogP contribution in [0.2, 0.25) is 0 Å². The third-order valence-electron chi connectivity index (χ3n) is 4.35. The van der Waals surface area contributed by atoms with E-state index >= 15 is 0 Å². The largest absolute Gasteiger partial charge is 0.355 e. The molecule has 1 saturated heterocycles. The van der Waals surface area contributed by atoms with Gasteiger partial charge in [0, 0.05) is 32.9 Å². The van der Waals surface area contributed by atoms with Crippen LogP contribution in [0.25, 0.3) is 0 Å². The lowest BCUT2D eigenvalue weighted by atomic mass is 10.2. The zero-order valence-electron chi connectivity index (χ0n) is 14.0. The van der Waals surface area contributed by atoms with E-state index in [1.54, 1.807) is 6.20 Å². The van der Waals surface area contributed by atoms with Crippen molar-refractivity contribution in [2.75, 3.05) is 35.4 Å². The maximum Gasteiger partial charge on any atom is 0.227 e. The quantitative estimate of drug-likeness (QED) is 0.821. The third-order valence-corrected chi connectivity index (χ3v) is 6.10. The molecule has 24 heavy (non-hydrogen) atoms. The fourth-order valence-corrected chi connectivity index (χ4v) is 4.69. The molecular weight excluding hydrogens is 324 g/mol. The van der Waals surface area contributed by atoms with Crippen LogP contribution >= 0.6 is 0 Å². The number of benzene rings is 1. The number of hydrogen-bond donors (Lipinski definition) is 0. The second kappa shape index (κ2) is 6.76. The minimum absolute atomic E-state index is 0.0165. The average molecular weight is 346 g/mol. The fraction of sp³-hybridized carbons (Fsp3) is 0.412. The molecule has 1 aliphatic rings. The van der Waals surface area contributed by atoms with Crippen LogP contribution < -0.4 is 9.80 Å². The normalized spacial score (nSPS) is 19.2. The Morgan fingerprint density at radius 2 is 1.92 bits per heavy atom.